The van der Waals surface area contributed by atoms with Crippen LogP contribution in [0.25, 0.3) is 10.2 Å². The second kappa shape index (κ2) is 7.08. The molecule has 0 radical (unpaired) electrons. The van der Waals surface area contributed by atoms with E-state index in [0.717, 1.165) is 51.9 Å². The summed E-state index contributed by atoms with van der Waals surface area (Å²) in [6.07, 6.45) is 9.49. The van der Waals surface area contributed by atoms with Gasteiger partial charge in [0.2, 0.25) is 5.91 Å². The van der Waals surface area contributed by atoms with E-state index < -0.39 is 0 Å². The van der Waals surface area contributed by atoms with E-state index in [2.05, 4.69) is 16.0 Å². The maximum absolute atomic E-state index is 13.2. The second-order valence-electron chi connectivity index (χ2n) is 7.71. The quantitative estimate of drug-likeness (QED) is 0.727. The summed E-state index contributed by atoms with van der Waals surface area (Å²) in [7, 11) is 0. The van der Waals surface area contributed by atoms with Crippen LogP contribution in [-0.2, 0) is 11.2 Å². The summed E-state index contributed by atoms with van der Waals surface area (Å²) in [6, 6.07) is 8.02. The Morgan fingerprint density at radius 1 is 1.26 bits per heavy atom. The Hall–Kier alpha value is -2.21. The van der Waals surface area contributed by atoms with Crippen molar-refractivity contribution in [3.8, 4) is 0 Å². The van der Waals surface area contributed by atoms with Gasteiger partial charge < -0.3 is 9.88 Å². The zero-order chi connectivity index (χ0) is 18.2. The van der Waals surface area contributed by atoms with Gasteiger partial charge in [-0.15, -0.1) is 11.3 Å². The van der Waals surface area contributed by atoms with Gasteiger partial charge in [-0.2, -0.15) is 0 Å². The van der Waals surface area contributed by atoms with Gasteiger partial charge in [0.1, 0.15) is 11.0 Å². The van der Waals surface area contributed by atoms with Crippen LogP contribution in [0.4, 0.5) is 0 Å². The fourth-order valence-electron chi connectivity index (χ4n) is 4.57. The Balaban J connectivity index is 1.45. The number of rotatable bonds is 4. The molecule has 0 bridgehead atoms. The van der Waals surface area contributed by atoms with Crippen molar-refractivity contribution in [3.63, 3.8) is 0 Å². The van der Waals surface area contributed by atoms with Gasteiger partial charge in [-0.3, -0.25) is 4.79 Å². The summed E-state index contributed by atoms with van der Waals surface area (Å²) in [6.45, 7) is 0.735. The molecule has 1 aliphatic carbocycles. The molecule has 0 saturated heterocycles. The van der Waals surface area contributed by atoms with E-state index in [1.165, 1.54) is 25.7 Å². The minimum Gasteiger partial charge on any atom is -0.348 e. The highest BCUT2D eigenvalue weighted by Crippen LogP contribution is 2.38. The van der Waals surface area contributed by atoms with Crippen molar-refractivity contribution in [3.05, 3.63) is 47.0 Å². The third-order valence-corrected chi connectivity index (χ3v) is 7.12. The molecule has 1 fully saturated rings. The number of aromatic nitrogens is 3. The monoisotopic (exact) mass is 380 g/mol. The van der Waals surface area contributed by atoms with E-state index in [9.17, 15) is 4.79 Å². The molecule has 3 aromatic rings. The fraction of sp³-hybridized carbons (Fsp3) is 0.476. The van der Waals surface area contributed by atoms with E-state index in [4.69, 9.17) is 4.98 Å². The maximum atomic E-state index is 13.2. The number of hydrogen-bond acceptors (Lipinski definition) is 4. The summed E-state index contributed by atoms with van der Waals surface area (Å²) in [5.41, 5.74) is 3.10. The number of aromatic amines is 1. The number of nitrogens with one attached hydrogen (secondary N) is 1. The van der Waals surface area contributed by atoms with E-state index >= 15 is 0 Å². The number of benzene rings is 1. The number of amides is 1. The standard InChI is InChI=1S/C21H24N4OS/c26-18(10-9-14-5-1-2-6-14)25-12-11-16-19(23-13-22-16)20(25)21-24-15-7-3-4-8-17(15)27-21/h3-4,7-8,13-14,20H,1-2,5-6,9-12H2,(H,22,23)/t20-/m0/s1. The zero-order valence-corrected chi connectivity index (χ0v) is 16.2. The average molecular weight is 381 g/mol. The summed E-state index contributed by atoms with van der Waals surface area (Å²) in [5, 5.41) is 0.971. The summed E-state index contributed by atoms with van der Waals surface area (Å²) in [5.74, 6) is 0.986. The van der Waals surface area contributed by atoms with Gasteiger partial charge in [0, 0.05) is 25.1 Å². The van der Waals surface area contributed by atoms with Gasteiger partial charge in [-0.05, 0) is 24.5 Å². The minimum absolute atomic E-state index is 0.159. The van der Waals surface area contributed by atoms with E-state index in [-0.39, 0.29) is 11.9 Å². The smallest absolute Gasteiger partial charge is 0.223 e. The lowest BCUT2D eigenvalue weighted by atomic mass is 9.99. The molecule has 1 aromatic carbocycles. The number of thiazole rings is 1. The predicted octanol–water partition coefficient (Wildman–Crippen LogP) is 4.46. The van der Waals surface area contributed by atoms with Crippen LogP contribution in [0.2, 0.25) is 0 Å². The van der Waals surface area contributed by atoms with Crippen LogP contribution in [0.15, 0.2) is 30.6 Å². The molecule has 1 atom stereocenters. The Morgan fingerprint density at radius 3 is 2.96 bits per heavy atom. The largest absolute Gasteiger partial charge is 0.348 e. The molecule has 1 N–H and O–H groups in total. The number of nitrogens with zero attached hydrogens (tertiary/aromatic N) is 3. The van der Waals surface area contributed by atoms with E-state index in [1.54, 1.807) is 17.7 Å². The molecule has 1 saturated carbocycles. The number of para-hydroxylation sites is 1. The number of fused-ring (bicyclic) bond motifs is 2. The second-order valence-corrected chi connectivity index (χ2v) is 8.78. The first kappa shape index (κ1) is 16.9. The normalized spacial score (nSPS) is 20.3. The van der Waals surface area contributed by atoms with E-state index in [1.807, 2.05) is 23.1 Å². The highest BCUT2D eigenvalue weighted by atomic mass is 32.1. The highest BCUT2D eigenvalue weighted by Gasteiger charge is 2.36. The van der Waals surface area contributed by atoms with Gasteiger partial charge in [0.25, 0.3) is 0 Å². The minimum atomic E-state index is -0.159. The molecule has 0 spiro atoms. The van der Waals surface area contributed by atoms with Crippen LogP contribution >= 0.6 is 11.3 Å². The van der Waals surface area contributed by atoms with Gasteiger partial charge in [0.05, 0.1) is 22.2 Å². The molecule has 140 valence electrons. The van der Waals surface area contributed by atoms with Crippen LogP contribution in [-0.4, -0.2) is 32.3 Å². The Morgan fingerprint density at radius 2 is 2.11 bits per heavy atom. The van der Waals surface area contributed by atoms with Crippen molar-refractivity contribution >= 4 is 27.5 Å². The number of carbonyl (C=O) groups is 1. The van der Waals surface area contributed by atoms with Crippen LogP contribution in [0, 0.1) is 5.92 Å². The SMILES string of the molecule is O=C(CCC1CCCC1)N1CCc2[nH]cnc2[C@H]1c1nc2ccccc2s1. The van der Waals surface area contributed by atoms with Crippen molar-refractivity contribution in [2.45, 2.75) is 51.0 Å². The first-order chi connectivity index (χ1) is 13.3. The summed E-state index contributed by atoms with van der Waals surface area (Å²) >= 11 is 1.68. The van der Waals surface area contributed by atoms with Crippen LogP contribution < -0.4 is 0 Å². The summed E-state index contributed by atoms with van der Waals surface area (Å²) < 4.78 is 1.16. The number of H-pyrrole nitrogens is 1. The van der Waals surface area contributed by atoms with Crippen molar-refractivity contribution in [1.82, 2.24) is 19.9 Å². The first-order valence-electron chi connectivity index (χ1n) is 9.96. The lowest BCUT2D eigenvalue weighted by molar-refractivity contribution is -0.133. The van der Waals surface area contributed by atoms with Gasteiger partial charge in [0.15, 0.2) is 0 Å². The topological polar surface area (TPSA) is 61.9 Å². The molecule has 1 amide bonds. The zero-order valence-electron chi connectivity index (χ0n) is 15.4. The number of imidazole rings is 1. The van der Waals surface area contributed by atoms with Gasteiger partial charge >= 0.3 is 0 Å². The lowest BCUT2D eigenvalue weighted by Crippen LogP contribution is -2.40. The van der Waals surface area contributed by atoms with Gasteiger partial charge in [-0.25, -0.2) is 9.97 Å². The molecule has 6 heteroatoms. The molecule has 3 heterocycles. The van der Waals surface area contributed by atoms with Crippen LogP contribution in [0.3, 0.4) is 0 Å². The highest BCUT2D eigenvalue weighted by molar-refractivity contribution is 7.18. The van der Waals surface area contributed by atoms with Crippen molar-refractivity contribution in [2.24, 2.45) is 5.92 Å². The van der Waals surface area contributed by atoms with Crippen molar-refractivity contribution < 1.29 is 4.79 Å². The molecule has 27 heavy (non-hydrogen) atoms. The Labute approximate surface area is 162 Å². The van der Waals surface area contributed by atoms with E-state index in [0.29, 0.717) is 6.42 Å². The van der Waals surface area contributed by atoms with Crippen molar-refractivity contribution in [2.75, 3.05) is 6.54 Å². The van der Waals surface area contributed by atoms with Crippen LogP contribution in [0.1, 0.15) is 61.0 Å². The lowest BCUT2D eigenvalue weighted by Gasteiger charge is -2.34. The maximum Gasteiger partial charge on any atom is 0.223 e. The molecule has 1 aliphatic heterocycles. The first-order valence-corrected chi connectivity index (χ1v) is 10.8. The molecular formula is C21H24N4OS. The average Bonchev–Trinajstić information content (AvgIpc) is 3.45. The third-order valence-electron chi connectivity index (χ3n) is 6.03. The van der Waals surface area contributed by atoms with Crippen molar-refractivity contribution in [1.29, 1.82) is 0 Å². The molecule has 2 aliphatic rings. The molecule has 5 nitrogen and oxygen atoms in total. The predicted molar refractivity (Wildman–Crippen MR) is 107 cm³/mol. The van der Waals surface area contributed by atoms with Crippen LogP contribution in [0.5, 0.6) is 0 Å². The molecule has 5 rings (SSSR count). The van der Waals surface area contributed by atoms with Gasteiger partial charge in [-0.1, -0.05) is 37.8 Å². The molecular weight excluding hydrogens is 356 g/mol. The number of carbonyl (C=O) groups excluding carboxylic acids is 1. The number of hydrogen-bond donors (Lipinski definition) is 1. The summed E-state index contributed by atoms with van der Waals surface area (Å²) in [4.78, 5) is 27.9. The Kier molecular flexibility index (Phi) is 4.44. The molecule has 0 unspecified atom stereocenters. The Bertz CT molecular complexity index is 923. The fourth-order valence-corrected chi connectivity index (χ4v) is 5.66. The third kappa shape index (κ3) is 3.16. The molecule has 2 aromatic heterocycles.